The van der Waals surface area contributed by atoms with Crippen LogP contribution in [0, 0.1) is 21.8 Å². The van der Waals surface area contributed by atoms with Crippen molar-refractivity contribution >= 4 is 45.9 Å². The van der Waals surface area contributed by atoms with Crippen LogP contribution in [0.4, 0.5) is 15.8 Å². The number of carbonyl (C=O) groups excluding carboxylic acids is 1. The van der Waals surface area contributed by atoms with Gasteiger partial charge in [0.1, 0.15) is 5.82 Å². The number of anilines is 1. The van der Waals surface area contributed by atoms with Crippen molar-refractivity contribution in [2.45, 2.75) is 45.8 Å². The Bertz CT molecular complexity index is 1490. The minimum Gasteiger partial charge on any atom is -0.351 e. The van der Waals surface area contributed by atoms with E-state index in [0.717, 1.165) is 22.6 Å². The molecule has 12 heteroatoms. The fourth-order valence-electron chi connectivity index (χ4n) is 4.45. The van der Waals surface area contributed by atoms with Gasteiger partial charge in [0.2, 0.25) is 5.91 Å². The normalized spacial score (nSPS) is 12.4. The maximum Gasteiger partial charge on any atom is 0.269 e. The second-order valence-electron chi connectivity index (χ2n) is 10.1. The fraction of sp³-hybridized carbons (Fsp3) is 0.300. The number of nitro groups is 1. The molecule has 0 aliphatic heterocycles. The van der Waals surface area contributed by atoms with E-state index in [1.807, 2.05) is 27.0 Å². The number of nitro benzene ring substituents is 1. The van der Waals surface area contributed by atoms with Gasteiger partial charge in [0.15, 0.2) is 5.11 Å². The minimum absolute atomic E-state index is 0.0267. The molecule has 0 fully saturated rings. The van der Waals surface area contributed by atoms with Crippen LogP contribution in [-0.2, 0) is 24.3 Å². The largest absolute Gasteiger partial charge is 0.351 e. The summed E-state index contributed by atoms with van der Waals surface area (Å²) >= 11 is 7.38. The molecule has 42 heavy (non-hydrogen) atoms. The number of nitrogens with zero attached hydrogens (tertiary/aromatic N) is 4. The molecule has 0 radical (unpaired) electrons. The highest BCUT2D eigenvalue weighted by atomic mass is 32.1. The number of amides is 1. The molecule has 0 aliphatic carbocycles. The zero-order valence-corrected chi connectivity index (χ0v) is 25.0. The molecule has 2 atom stereocenters. The summed E-state index contributed by atoms with van der Waals surface area (Å²) in [7, 11) is 0. The molecular formula is C30H33FN6O3S2. The van der Waals surface area contributed by atoms with Crippen molar-refractivity contribution in [3.63, 3.8) is 0 Å². The molecule has 0 bridgehead atoms. The first-order chi connectivity index (χ1) is 20.2. The summed E-state index contributed by atoms with van der Waals surface area (Å²) < 4.78 is 15.7. The van der Waals surface area contributed by atoms with Crippen LogP contribution in [0.1, 0.15) is 36.4 Å². The lowest BCUT2D eigenvalue weighted by atomic mass is 9.98. The highest BCUT2D eigenvalue weighted by molar-refractivity contribution is 7.80. The van der Waals surface area contributed by atoms with Crippen LogP contribution in [0.5, 0.6) is 0 Å². The van der Waals surface area contributed by atoms with Crippen LogP contribution in [0.15, 0.2) is 78.6 Å². The molecule has 0 spiro atoms. The Morgan fingerprint density at radius 1 is 1.21 bits per heavy atom. The Labute approximate surface area is 253 Å². The molecule has 0 saturated carbocycles. The molecule has 2 heterocycles. The third-order valence-electron chi connectivity index (χ3n) is 7.02. The van der Waals surface area contributed by atoms with E-state index in [4.69, 9.17) is 12.2 Å². The lowest BCUT2D eigenvalue weighted by Crippen LogP contribution is -2.49. The molecule has 2 aromatic carbocycles. The number of non-ortho nitro benzene ring substituents is 1. The number of hydrogen-bond acceptors (Lipinski definition) is 6. The van der Waals surface area contributed by atoms with E-state index in [0.29, 0.717) is 30.4 Å². The quantitative estimate of drug-likeness (QED) is 0.109. The van der Waals surface area contributed by atoms with E-state index >= 15 is 0 Å². The number of nitrogens with one attached hydrogen (secondary N) is 2. The first-order valence-electron chi connectivity index (χ1n) is 13.6. The number of hydrogen-bond donors (Lipinski definition) is 2. The molecule has 1 amide bonds. The van der Waals surface area contributed by atoms with Crippen molar-refractivity contribution in [1.82, 2.24) is 19.8 Å². The highest BCUT2D eigenvalue weighted by Crippen LogP contribution is 2.19. The van der Waals surface area contributed by atoms with Crippen LogP contribution in [0.3, 0.4) is 0 Å². The zero-order valence-electron chi connectivity index (χ0n) is 23.4. The van der Waals surface area contributed by atoms with Crippen molar-refractivity contribution in [1.29, 1.82) is 0 Å². The Balaban J connectivity index is 1.45. The van der Waals surface area contributed by atoms with Crippen molar-refractivity contribution in [3.05, 3.63) is 111 Å². The first-order valence-corrected chi connectivity index (χ1v) is 14.9. The molecule has 2 aromatic heterocycles. The smallest absolute Gasteiger partial charge is 0.269 e. The maximum atomic E-state index is 13.8. The Hall–Kier alpha value is -4.16. The van der Waals surface area contributed by atoms with Gasteiger partial charge in [-0.2, -0.15) is 0 Å². The summed E-state index contributed by atoms with van der Waals surface area (Å²) in [6.07, 6.45) is 4.27. The van der Waals surface area contributed by atoms with Crippen LogP contribution in [-0.4, -0.2) is 43.0 Å². The van der Waals surface area contributed by atoms with Gasteiger partial charge in [0.25, 0.3) is 5.69 Å². The lowest BCUT2D eigenvalue weighted by molar-refractivity contribution is -0.384. The van der Waals surface area contributed by atoms with Crippen LogP contribution in [0.2, 0.25) is 0 Å². The predicted octanol–water partition coefficient (Wildman–Crippen LogP) is 6.01. The lowest BCUT2D eigenvalue weighted by Gasteiger charge is -2.33. The Morgan fingerprint density at radius 3 is 2.67 bits per heavy atom. The molecule has 4 aromatic rings. The van der Waals surface area contributed by atoms with E-state index in [1.54, 1.807) is 48.1 Å². The Kier molecular flexibility index (Phi) is 10.7. The number of thiophene rings is 1. The monoisotopic (exact) mass is 608 g/mol. The van der Waals surface area contributed by atoms with Crippen molar-refractivity contribution in [2.75, 3.05) is 11.9 Å². The predicted molar refractivity (Wildman–Crippen MR) is 167 cm³/mol. The molecule has 220 valence electrons. The molecule has 0 unspecified atom stereocenters. The summed E-state index contributed by atoms with van der Waals surface area (Å²) in [5, 5.41) is 19.8. The van der Waals surface area contributed by atoms with E-state index < -0.39 is 4.92 Å². The van der Waals surface area contributed by atoms with Gasteiger partial charge in [0, 0.05) is 53.7 Å². The third-order valence-corrected chi connectivity index (χ3v) is 8.25. The first kappa shape index (κ1) is 30.8. The van der Waals surface area contributed by atoms with Gasteiger partial charge in [0.05, 0.1) is 24.2 Å². The summed E-state index contributed by atoms with van der Waals surface area (Å²) in [5.41, 5.74) is 2.18. The average Bonchev–Trinajstić information content (AvgIpc) is 3.64. The Morgan fingerprint density at radius 2 is 2.00 bits per heavy atom. The van der Waals surface area contributed by atoms with Crippen LogP contribution >= 0.6 is 23.6 Å². The van der Waals surface area contributed by atoms with Crippen LogP contribution < -0.4 is 10.6 Å². The number of benzene rings is 2. The number of carbonyl (C=O) groups is 1. The summed E-state index contributed by atoms with van der Waals surface area (Å²) in [6, 6.07) is 16.3. The van der Waals surface area contributed by atoms with Gasteiger partial charge in [-0.3, -0.25) is 14.9 Å². The number of imidazole rings is 1. The highest BCUT2D eigenvalue weighted by Gasteiger charge is 2.24. The SMILES string of the molecule is CC[C@H](C)[C@@H](CN(Cc1cccs1)C(=S)Nc1cccc(F)c1)NC(=O)Cc1cncn1Cc1ccc([N+](=O)[O-])cc1. The molecular weight excluding hydrogens is 576 g/mol. The maximum absolute atomic E-state index is 13.8. The van der Waals surface area contributed by atoms with E-state index in [9.17, 15) is 19.3 Å². The van der Waals surface area contributed by atoms with E-state index in [1.165, 1.54) is 24.3 Å². The van der Waals surface area contributed by atoms with E-state index in [2.05, 4.69) is 29.5 Å². The second kappa shape index (κ2) is 14.6. The molecule has 9 nitrogen and oxygen atoms in total. The average molecular weight is 609 g/mol. The van der Waals surface area contributed by atoms with Crippen molar-refractivity contribution in [3.8, 4) is 0 Å². The minimum atomic E-state index is -0.434. The van der Waals surface area contributed by atoms with Gasteiger partial charge >= 0.3 is 0 Å². The summed E-state index contributed by atoms with van der Waals surface area (Å²) in [6.45, 7) is 5.61. The summed E-state index contributed by atoms with van der Waals surface area (Å²) in [5.74, 6) is -0.349. The number of aromatic nitrogens is 2. The number of thiocarbonyl (C=S) groups is 1. The van der Waals surface area contributed by atoms with Gasteiger partial charge < -0.3 is 20.1 Å². The summed E-state index contributed by atoms with van der Waals surface area (Å²) in [4.78, 5) is 31.2. The third kappa shape index (κ3) is 8.67. The second-order valence-corrected chi connectivity index (χ2v) is 11.5. The molecule has 2 N–H and O–H groups in total. The van der Waals surface area contributed by atoms with Gasteiger partial charge in [-0.05, 0) is 53.3 Å². The van der Waals surface area contributed by atoms with Crippen molar-refractivity contribution in [2.24, 2.45) is 5.92 Å². The van der Waals surface area contributed by atoms with Crippen molar-refractivity contribution < 1.29 is 14.1 Å². The zero-order chi connectivity index (χ0) is 30.1. The topological polar surface area (TPSA) is 105 Å². The van der Waals surface area contributed by atoms with Gasteiger partial charge in [-0.15, -0.1) is 11.3 Å². The number of rotatable bonds is 13. The van der Waals surface area contributed by atoms with Gasteiger partial charge in [-0.1, -0.05) is 44.5 Å². The van der Waals surface area contributed by atoms with Crippen LogP contribution in [0.25, 0.3) is 0 Å². The fourth-order valence-corrected chi connectivity index (χ4v) is 5.42. The molecule has 0 saturated heterocycles. The molecule has 0 aliphatic rings. The standard InChI is InChI=1S/C30H33FN6O3S2/c1-3-21(2)28(19-35(18-27-8-5-13-42-27)30(41)33-24-7-4-6-23(31)14-24)34-29(38)15-26-16-32-20-36(26)17-22-9-11-25(12-10-22)37(39)40/h4-14,16,20-21,28H,3,15,17-19H2,1-2H3,(H,33,41)(H,34,38)/t21-,28+/m0/s1. The molecule has 4 rings (SSSR count). The van der Waals surface area contributed by atoms with Gasteiger partial charge in [-0.25, -0.2) is 9.37 Å². The number of halogens is 1. The van der Waals surface area contributed by atoms with E-state index in [-0.39, 0.29) is 35.8 Å².